The number of carbonyl (C=O) groups excluding carboxylic acids is 2. The van der Waals surface area contributed by atoms with E-state index in [1.165, 1.54) is 6.07 Å². The molecule has 0 aliphatic heterocycles. The van der Waals surface area contributed by atoms with Gasteiger partial charge in [-0.05, 0) is 56.7 Å². The van der Waals surface area contributed by atoms with Crippen LogP contribution in [0.4, 0.5) is 5.69 Å². The van der Waals surface area contributed by atoms with E-state index < -0.39 is 11.5 Å². The summed E-state index contributed by atoms with van der Waals surface area (Å²) in [5.41, 5.74) is 7.99. The van der Waals surface area contributed by atoms with Crippen LogP contribution in [0.2, 0.25) is 0 Å². The number of primary amides is 1. The highest BCUT2D eigenvalue weighted by Gasteiger charge is 2.17. The number of benzene rings is 2. The molecule has 8 nitrogen and oxygen atoms in total. The average molecular weight is 432 g/mol. The Morgan fingerprint density at radius 3 is 2.66 bits per heavy atom. The number of nitrogens with two attached hydrogens (primary N) is 1. The third-order valence-corrected chi connectivity index (χ3v) is 5.13. The van der Waals surface area contributed by atoms with Gasteiger partial charge < -0.3 is 20.6 Å². The second-order valence-electron chi connectivity index (χ2n) is 8.32. The van der Waals surface area contributed by atoms with Crippen molar-refractivity contribution in [3.05, 3.63) is 72.3 Å². The van der Waals surface area contributed by atoms with Crippen LogP contribution in [-0.2, 0) is 6.54 Å². The molecular formula is C24H24N4O4. The molecule has 2 aromatic carbocycles. The molecule has 0 atom stereocenters. The number of aromatic nitrogens is 2. The van der Waals surface area contributed by atoms with Gasteiger partial charge in [-0.25, -0.2) is 0 Å². The van der Waals surface area contributed by atoms with Crippen LogP contribution in [0.5, 0.6) is 0 Å². The molecule has 0 bridgehead atoms. The first-order valence-corrected chi connectivity index (χ1v) is 10.2. The summed E-state index contributed by atoms with van der Waals surface area (Å²) < 4.78 is 7.01. The molecule has 0 spiro atoms. The van der Waals surface area contributed by atoms with E-state index >= 15 is 0 Å². The molecule has 0 saturated carbocycles. The molecule has 164 valence electrons. The smallest absolute Gasteiger partial charge is 0.255 e. The normalized spacial score (nSPS) is 11.6. The van der Waals surface area contributed by atoms with Crippen LogP contribution in [0, 0.1) is 0 Å². The standard InChI is InChI=1S/C24H24N4O4/c1-24(2,31)7-8-28-13-18-11-21(19(12-20(18)27-28)17-6-9-32-14-17)26-23(30)16-5-3-4-15(10-16)22(25)29/h3-6,9-14,31H,7-8H2,1-2H3,(H2,25,29)(H,26,30). The minimum absolute atomic E-state index is 0.260. The molecule has 2 heterocycles. The molecule has 0 aliphatic carbocycles. The lowest BCUT2D eigenvalue weighted by atomic mass is 10.0. The number of amides is 2. The van der Waals surface area contributed by atoms with Gasteiger partial charge in [-0.3, -0.25) is 14.3 Å². The van der Waals surface area contributed by atoms with E-state index in [0.717, 1.165) is 22.0 Å². The van der Waals surface area contributed by atoms with Gasteiger partial charge in [-0.1, -0.05) is 6.07 Å². The number of aryl methyl sites for hydroxylation is 1. The monoisotopic (exact) mass is 432 g/mol. The SMILES string of the molecule is CC(C)(O)CCn1cc2cc(NC(=O)c3cccc(C(N)=O)c3)c(-c3ccoc3)cc2n1. The van der Waals surface area contributed by atoms with E-state index in [4.69, 9.17) is 10.2 Å². The van der Waals surface area contributed by atoms with Gasteiger partial charge in [-0.15, -0.1) is 0 Å². The van der Waals surface area contributed by atoms with Gasteiger partial charge in [0, 0.05) is 46.1 Å². The molecule has 0 fully saturated rings. The van der Waals surface area contributed by atoms with Crippen molar-refractivity contribution in [2.24, 2.45) is 5.73 Å². The van der Waals surface area contributed by atoms with Crippen molar-refractivity contribution in [2.75, 3.05) is 5.32 Å². The highest BCUT2D eigenvalue weighted by Crippen LogP contribution is 2.33. The molecule has 4 N–H and O–H groups in total. The van der Waals surface area contributed by atoms with E-state index in [-0.39, 0.29) is 11.5 Å². The number of anilines is 1. The van der Waals surface area contributed by atoms with Crippen LogP contribution in [0.25, 0.3) is 22.0 Å². The highest BCUT2D eigenvalue weighted by atomic mass is 16.3. The molecule has 4 aromatic rings. The van der Waals surface area contributed by atoms with Gasteiger partial charge in [0.2, 0.25) is 5.91 Å². The highest BCUT2D eigenvalue weighted by molar-refractivity contribution is 6.09. The Morgan fingerprint density at radius 2 is 1.97 bits per heavy atom. The minimum Gasteiger partial charge on any atom is -0.472 e. The third-order valence-electron chi connectivity index (χ3n) is 5.13. The van der Waals surface area contributed by atoms with Crippen molar-refractivity contribution in [3.8, 4) is 11.1 Å². The summed E-state index contributed by atoms with van der Waals surface area (Å²) in [5.74, 6) is -0.967. The van der Waals surface area contributed by atoms with Gasteiger partial charge in [-0.2, -0.15) is 5.10 Å². The van der Waals surface area contributed by atoms with Gasteiger partial charge >= 0.3 is 0 Å². The third kappa shape index (κ3) is 4.70. The fourth-order valence-electron chi connectivity index (χ4n) is 3.39. The Labute approximate surface area is 184 Å². The molecular weight excluding hydrogens is 408 g/mol. The number of rotatable bonds is 7. The molecule has 0 unspecified atom stereocenters. The predicted molar refractivity (Wildman–Crippen MR) is 121 cm³/mol. The first-order chi connectivity index (χ1) is 15.2. The van der Waals surface area contributed by atoms with E-state index in [1.807, 2.05) is 18.3 Å². The zero-order chi connectivity index (χ0) is 22.9. The van der Waals surface area contributed by atoms with Crippen LogP contribution >= 0.6 is 0 Å². The number of hydrogen-bond donors (Lipinski definition) is 3. The quantitative estimate of drug-likeness (QED) is 0.410. The zero-order valence-electron chi connectivity index (χ0n) is 17.8. The fraction of sp³-hybridized carbons (Fsp3) is 0.208. The summed E-state index contributed by atoms with van der Waals surface area (Å²) in [4.78, 5) is 24.4. The van der Waals surface area contributed by atoms with E-state index in [2.05, 4.69) is 10.4 Å². The predicted octanol–water partition coefficient (Wildman–Crippen LogP) is 3.81. The maximum absolute atomic E-state index is 12.9. The van der Waals surface area contributed by atoms with Crippen molar-refractivity contribution in [1.29, 1.82) is 0 Å². The maximum Gasteiger partial charge on any atom is 0.255 e. The van der Waals surface area contributed by atoms with Crippen molar-refractivity contribution >= 4 is 28.4 Å². The second-order valence-corrected chi connectivity index (χ2v) is 8.32. The number of hydrogen-bond acceptors (Lipinski definition) is 5. The van der Waals surface area contributed by atoms with Crippen LogP contribution in [0.3, 0.4) is 0 Å². The largest absolute Gasteiger partial charge is 0.472 e. The Hall–Kier alpha value is -3.91. The number of fused-ring (bicyclic) bond motifs is 1. The Morgan fingerprint density at radius 1 is 1.19 bits per heavy atom. The number of furan rings is 1. The maximum atomic E-state index is 12.9. The molecule has 0 saturated heterocycles. The van der Waals surface area contributed by atoms with Gasteiger partial charge in [0.1, 0.15) is 0 Å². The van der Waals surface area contributed by atoms with Gasteiger partial charge in [0.25, 0.3) is 5.91 Å². The first-order valence-electron chi connectivity index (χ1n) is 10.2. The van der Waals surface area contributed by atoms with Crippen LogP contribution < -0.4 is 11.1 Å². The van der Waals surface area contributed by atoms with Crippen LogP contribution in [0.15, 0.2) is 65.6 Å². The van der Waals surface area contributed by atoms with E-state index in [9.17, 15) is 14.7 Å². The molecule has 4 rings (SSSR count). The van der Waals surface area contributed by atoms with Gasteiger partial charge in [0.15, 0.2) is 0 Å². The van der Waals surface area contributed by atoms with Crippen molar-refractivity contribution in [3.63, 3.8) is 0 Å². The van der Waals surface area contributed by atoms with E-state index in [0.29, 0.717) is 24.2 Å². The number of nitrogens with zero attached hydrogens (tertiary/aromatic N) is 2. The summed E-state index contributed by atoms with van der Waals surface area (Å²) in [6.45, 7) is 4.07. The lowest BCUT2D eigenvalue weighted by Crippen LogP contribution is -2.21. The van der Waals surface area contributed by atoms with Crippen molar-refractivity contribution in [1.82, 2.24) is 9.78 Å². The number of nitrogens with one attached hydrogen (secondary N) is 1. The summed E-state index contributed by atoms with van der Waals surface area (Å²) >= 11 is 0. The Balaban J connectivity index is 1.70. The molecule has 2 aromatic heterocycles. The summed E-state index contributed by atoms with van der Waals surface area (Å²) in [6.07, 6.45) is 5.58. The topological polar surface area (TPSA) is 123 Å². The molecule has 2 amide bonds. The van der Waals surface area contributed by atoms with Gasteiger partial charge in [0.05, 0.1) is 23.6 Å². The second kappa shape index (κ2) is 8.32. The number of carbonyl (C=O) groups is 2. The number of aliphatic hydroxyl groups is 1. The average Bonchev–Trinajstić information content (AvgIpc) is 3.40. The first kappa shape index (κ1) is 21.3. The zero-order valence-corrected chi connectivity index (χ0v) is 17.8. The summed E-state index contributed by atoms with van der Waals surface area (Å²) in [7, 11) is 0. The Bertz CT molecular complexity index is 1280. The lowest BCUT2D eigenvalue weighted by molar-refractivity contribution is 0.0651. The Kier molecular flexibility index (Phi) is 5.54. The molecule has 8 heteroatoms. The van der Waals surface area contributed by atoms with E-state index in [1.54, 1.807) is 55.3 Å². The lowest BCUT2D eigenvalue weighted by Gasteiger charge is -2.16. The molecule has 32 heavy (non-hydrogen) atoms. The van der Waals surface area contributed by atoms with Crippen LogP contribution in [-0.4, -0.2) is 32.3 Å². The van der Waals surface area contributed by atoms with Crippen molar-refractivity contribution in [2.45, 2.75) is 32.4 Å². The summed E-state index contributed by atoms with van der Waals surface area (Å²) in [5, 5.41) is 18.4. The van der Waals surface area contributed by atoms with Crippen LogP contribution in [0.1, 0.15) is 41.0 Å². The van der Waals surface area contributed by atoms with Crippen molar-refractivity contribution < 1.29 is 19.1 Å². The molecule has 0 radical (unpaired) electrons. The fourth-order valence-corrected chi connectivity index (χ4v) is 3.39. The summed E-state index contributed by atoms with van der Waals surface area (Å²) in [6, 6.07) is 11.8. The minimum atomic E-state index is -0.793. The molecule has 0 aliphatic rings.